The summed E-state index contributed by atoms with van der Waals surface area (Å²) in [6.45, 7) is 5.74. The van der Waals surface area contributed by atoms with Crippen LogP contribution in [0.3, 0.4) is 0 Å². The van der Waals surface area contributed by atoms with Gasteiger partial charge in [-0.15, -0.1) is 0 Å². The number of hydrogen-bond acceptors (Lipinski definition) is 8. The van der Waals surface area contributed by atoms with Gasteiger partial charge in [0.25, 0.3) is 5.88 Å². The number of para-hydroxylation sites is 1. The summed E-state index contributed by atoms with van der Waals surface area (Å²) in [5.74, 6) is 1.64. The van der Waals surface area contributed by atoms with Crippen LogP contribution >= 0.6 is 11.3 Å². The van der Waals surface area contributed by atoms with E-state index in [0.717, 1.165) is 33.9 Å². The number of likely N-dealkylation sites (N-methyl/N-ethyl adjacent to an activating group) is 1. The van der Waals surface area contributed by atoms with Crippen LogP contribution in [-0.2, 0) is 0 Å². The molecule has 0 aliphatic carbocycles. The third-order valence-corrected chi connectivity index (χ3v) is 6.39. The van der Waals surface area contributed by atoms with E-state index < -0.39 is 5.60 Å². The zero-order valence-corrected chi connectivity index (χ0v) is 20.1. The lowest BCUT2D eigenvalue weighted by molar-refractivity contribution is 0.0467. The summed E-state index contributed by atoms with van der Waals surface area (Å²) in [5.41, 5.74) is 1.01. The average molecular weight is 464 g/mol. The second-order valence-electron chi connectivity index (χ2n) is 8.49. The number of hydrogen-bond donors (Lipinski definition) is 2. The van der Waals surface area contributed by atoms with E-state index in [1.807, 2.05) is 68.3 Å². The van der Waals surface area contributed by atoms with Gasteiger partial charge in [0.2, 0.25) is 0 Å². The number of anilines is 3. The summed E-state index contributed by atoms with van der Waals surface area (Å²) >= 11 is 1.61. The summed E-state index contributed by atoms with van der Waals surface area (Å²) in [4.78, 5) is 15.5. The van der Waals surface area contributed by atoms with Gasteiger partial charge >= 0.3 is 0 Å². The van der Waals surface area contributed by atoms with E-state index in [-0.39, 0.29) is 6.04 Å². The summed E-state index contributed by atoms with van der Waals surface area (Å²) in [6, 6.07) is 15.6. The molecule has 33 heavy (non-hydrogen) atoms. The Balaban J connectivity index is 1.50. The largest absolute Gasteiger partial charge is 0.436 e. The maximum atomic E-state index is 10.7. The van der Waals surface area contributed by atoms with Crippen molar-refractivity contribution in [2.45, 2.75) is 45.3 Å². The molecule has 0 saturated carbocycles. The maximum absolute atomic E-state index is 10.7. The van der Waals surface area contributed by atoms with Crippen molar-refractivity contribution in [2.75, 3.05) is 17.3 Å². The van der Waals surface area contributed by atoms with E-state index in [2.05, 4.69) is 33.3 Å². The van der Waals surface area contributed by atoms with Gasteiger partial charge in [0, 0.05) is 25.1 Å². The normalized spacial score (nSPS) is 12.5. The predicted molar refractivity (Wildman–Crippen MR) is 135 cm³/mol. The molecule has 0 bridgehead atoms. The SMILES string of the molecule is CCC[C@H](N(C)c1nccnc1Oc1ccc(Nc2nc3ccccc3s2)cc1)C(C)(C)O. The van der Waals surface area contributed by atoms with Crippen LogP contribution in [-0.4, -0.2) is 38.7 Å². The second kappa shape index (κ2) is 9.72. The molecule has 172 valence electrons. The lowest BCUT2D eigenvalue weighted by Gasteiger charge is -2.37. The van der Waals surface area contributed by atoms with Crippen molar-refractivity contribution in [1.82, 2.24) is 15.0 Å². The highest BCUT2D eigenvalue weighted by Crippen LogP contribution is 2.33. The number of nitrogens with one attached hydrogen (secondary N) is 1. The maximum Gasteiger partial charge on any atom is 0.263 e. The van der Waals surface area contributed by atoms with E-state index in [1.165, 1.54) is 0 Å². The van der Waals surface area contributed by atoms with Gasteiger partial charge in [-0.05, 0) is 56.7 Å². The van der Waals surface area contributed by atoms with Gasteiger partial charge in [0.15, 0.2) is 10.9 Å². The summed E-state index contributed by atoms with van der Waals surface area (Å²) < 4.78 is 7.23. The van der Waals surface area contributed by atoms with Crippen LogP contribution in [0.4, 0.5) is 16.6 Å². The van der Waals surface area contributed by atoms with Crippen molar-refractivity contribution in [3.63, 3.8) is 0 Å². The number of ether oxygens (including phenoxy) is 1. The lowest BCUT2D eigenvalue weighted by atomic mass is 9.93. The topological polar surface area (TPSA) is 83.4 Å². The minimum atomic E-state index is -0.895. The van der Waals surface area contributed by atoms with E-state index in [0.29, 0.717) is 17.4 Å². The molecular weight excluding hydrogens is 434 g/mol. The van der Waals surface area contributed by atoms with Gasteiger partial charge in [0.1, 0.15) is 5.75 Å². The molecule has 0 amide bonds. The third kappa shape index (κ3) is 5.40. The molecule has 0 spiro atoms. The van der Waals surface area contributed by atoms with Crippen molar-refractivity contribution in [2.24, 2.45) is 0 Å². The Morgan fingerprint density at radius 1 is 1.09 bits per heavy atom. The Kier molecular flexibility index (Phi) is 6.76. The lowest BCUT2D eigenvalue weighted by Crippen LogP contribution is -2.48. The molecule has 0 unspecified atom stereocenters. The van der Waals surface area contributed by atoms with Crippen molar-refractivity contribution < 1.29 is 9.84 Å². The number of thiazole rings is 1. The molecule has 0 aliphatic heterocycles. The molecule has 7 nitrogen and oxygen atoms in total. The molecule has 0 saturated heterocycles. The quantitative estimate of drug-likeness (QED) is 0.315. The van der Waals surface area contributed by atoms with Gasteiger partial charge in [-0.25, -0.2) is 15.0 Å². The van der Waals surface area contributed by atoms with E-state index in [4.69, 9.17) is 4.74 Å². The fourth-order valence-corrected chi connectivity index (χ4v) is 4.73. The van der Waals surface area contributed by atoms with Crippen LogP contribution in [0.25, 0.3) is 10.2 Å². The van der Waals surface area contributed by atoms with Gasteiger partial charge in [-0.2, -0.15) is 0 Å². The molecule has 4 rings (SSSR count). The van der Waals surface area contributed by atoms with Gasteiger partial charge in [-0.3, -0.25) is 0 Å². The Bertz CT molecular complexity index is 1170. The molecule has 8 heteroatoms. The number of aliphatic hydroxyl groups is 1. The molecular formula is C25H29N5O2S. The van der Waals surface area contributed by atoms with Crippen LogP contribution in [0.1, 0.15) is 33.6 Å². The molecule has 2 N–H and O–H groups in total. The molecule has 0 fully saturated rings. The van der Waals surface area contributed by atoms with Crippen molar-refractivity contribution in [3.05, 3.63) is 60.9 Å². The van der Waals surface area contributed by atoms with Crippen LogP contribution < -0.4 is 15.0 Å². The number of aromatic nitrogens is 3. The highest BCUT2D eigenvalue weighted by molar-refractivity contribution is 7.22. The minimum absolute atomic E-state index is 0.123. The molecule has 1 atom stereocenters. The fourth-order valence-electron chi connectivity index (χ4n) is 3.84. The zero-order valence-electron chi connectivity index (χ0n) is 19.3. The molecule has 2 aromatic carbocycles. The van der Waals surface area contributed by atoms with Crippen LogP contribution in [0.15, 0.2) is 60.9 Å². The number of rotatable bonds is 9. The van der Waals surface area contributed by atoms with Crippen molar-refractivity contribution >= 4 is 38.2 Å². The van der Waals surface area contributed by atoms with Crippen molar-refractivity contribution in [3.8, 4) is 11.6 Å². The smallest absolute Gasteiger partial charge is 0.263 e. The van der Waals surface area contributed by atoms with Crippen LogP contribution in [0.5, 0.6) is 11.6 Å². The fraction of sp³-hybridized carbons (Fsp3) is 0.320. The summed E-state index contributed by atoms with van der Waals surface area (Å²) in [5, 5.41) is 14.9. The summed E-state index contributed by atoms with van der Waals surface area (Å²) in [7, 11) is 1.92. The summed E-state index contributed by atoms with van der Waals surface area (Å²) in [6.07, 6.45) is 5.01. The predicted octanol–water partition coefficient (Wildman–Crippen LogP) is 6.00. The molecule has 2 aromatic heterocycles. The van der Waals surface area contributed by atoms with Crippen LogP contribution in [0, 0.1) is 0 Å². The van der Waals surface area contributed by atoms with E-state index >= 15 is 0 Å². The molecule has 4 aromatic rings. The number of nitrogens with zero attached hydrogens (tertiary/aromatic N) is 4. The minimum Gasteiger partial charge on any atom is -0.436 e. The first-order valence-electron chi connectivity index (χ1n) is 11.0. The first-order chi connectivity index (χ1) is 15.8. The molecule has 0 radical (unpaired) electrons. The van der Waals surface area contributed by atoms with E-state index in [9.17, 15) is 5.11 Å². The Labute approximate surface area is 198 Å². The first-order valence-corrected chi connectivity index (χ1v) is 11.8. The highest BCUT2D eigenvalue weighted by Gasteiger charge is 2.32. The van der Waals surface area contributed by atoms with Gasteiger partial charge in [-0.1, -0.05) is 36.8 Å². The van der Waals surface area contributed by atoms with Gasteiger partial charge < -0.3 is 20.1 Å². The van der Waals surface area contributed by atoms with E-state index in [1.54, 1.807) is 23.7 Å². The Morgan fingerprint density at radius 2 is 1.82 bits per heavy atom. The molecule has 2 heterocycles. The Hall–Kier alpha value is -3.23. The number of fused-ring (bicyclic) bond motifs is 1. The first kappa shape index (κ1) is 22.9. The monoisotopic (exact) mass is 463 g/mol. The highest BCUT2D eigenvalue weighted by atomic mass is 32.1. The average Bonchev–Trinajstić information content (AvgIpc) is 3.20. The van der Waals surface area contributed by atoms with Crippen LogP contribution in [0.2, 0.25) is 0 Å². The standard InChI is InChI=1S/C25H29N5O2S/c1-5-8-21(25(2,3)31)30(4)22-23(27-16-15-26-22)32-18-13-11-17(12-14-18)28-24-29-19-9-6-7-10-20(19)33-24/h6-7,9-16,21,31H,5,8H2,1-4H3,(H,28,29)/t21-/m0/s1. The zero-order chi connectivity index (χ0) is 23.4. The number of benzene rings is 2. The Morgan fingerprint density at radius 3 is 2.52 bits per heavy atom. The third-order valence-electron chi connectivity index (χ3n) is 5.44. The van der Waals surface area contributed by atoms with Gasteiger partial charge in [0.05, 0.1) is 21.9 Å². The van der Waals surface area contributed by atoms with Crippen molar-refractivity contribution in [1.29, 1.82) is 0 Å². The second-order valence-corrected chi connectivity index (χ2v) is 9.52. The molecule has 0 aliphatic rings.